The Hall–Kier alpha value is -2.06. The first-order chi connectivity index (χ1) is 11.8. The third kappa shape index (κ3) is 3.70. The van der Waals surface area contributed by atoms with Gasteiger partial charge in [-0.15, -0.1) is 0 Å². The largest absolute Gasteiger partial charge is 0.341 e. The van der Waals surface area contributed by atoms with Crippen molar-refractivity contribution in [3.8, 4) is 11.1 Å². The van der Waals surface area contributed by atoms with Crippen LogP contribution >= 0.6 is 0 Å². The zero-order chi connectivity index (χ0) is 16.9. The van der Waals surface area contributed by atoms with Gasteiger partial charge in [-0.05, 0) is 49.7 Å². The molecule has 1 saturated heterocycles. The van der Waals surface area contributed by atoms with Crippen molar-refractivity contribution in [1.29, 1.82) is 0 Å². The van der Waals surface area contributed by atoms with Crippen LogP contribution in [0.15, 0.2) is 60.8 Å². The van der Waals surface area contributed by atoms with Gasteiger partial charge in [0.05, 0.1) is 5.70 Å². The second-order valence-electron chi connectivity index (χ2n) is 6.40. The molecule has 4 rings (SSSR count). The minimum atomic E-state index is 0.708. The van der Waals surface area contributed by atoms with Gasteiger partial charge < -0.3 is 9.80 Å². The van der Waals surface area contributed by atoms with Crippen LogP contribution in [0.2, 0.25) is 0 Å². The Bertz CT molecular complexity index is 665. The SMILES string of the molecule is CC.CN1CCC(N2C=C2c2ccc(-c3ccccc3)cc2)CC1. The lowest BCUT2D eigenvalue weighted by atomic mass is 10.0. The summed E-state index contributed by atoms with van der Waals surface area (Å²) in [4.78, 5) is 4.90. The van der Waals surface area contributed by atoms with E-state index in [-0.39, 0.29) is 0 Å². The Balaban J connectivity index is 0.000000815. The summed E-state index contributed by atoms with van der Waals surface area (Å²) in [6.07, 6.45) is 4.87. The normalized spacial score (nSPS) is 17.8. The lowest BCUT2D eigenvalue weighted by molar-refractivity contribution is 0.212. The monoisotopic (exact) mass is 320 g/mol. The first kappa shape index (κ1) is 16.8. The van der Waals surface area contributed by atoms with Gasteiger partial charge in [-0.1, -0.05) is 68.4 Å². The van der Waals surface area contributed by atoms with Gasteiger partial charge in [-0.25, -0.2) is 0 Å². The quantitative estimate of drug-likeness (QED) is 0.777. The number of hydrogen-bond acceptors (Lipinski definition) is 2. The Morgan fingerprint density at radius 3 is 1.92 bits per heavy atom. The number of benzene rings is 2. The van der Waals surface area contributed by atoms with Crippen LogP contribution in [0.25, 0.3) is 16.8 Å². The molecule has 0 unspecified atom stereocenters. The van der Waals surface area contributed by atoms with Gasteiger partial charge in [0.1, 0.15) is 0 Å². The van der Waals surface area contributed by atoms with E-state index in [4.69, 9.17) is 0 Å². The summed E-state index contributed by atoms with van der Waals surface area (Å²) in [5, 5.41) is 0. The zero-order valence-electron chi connectivity index (χ0n) is 15.1. The molecule has 0 saturated carbocycles. The minimum absolute atomic E-state index is 0.708. The molecule has 0 radical (unpaired) electrons. The lowest BCUT2D eigenvalue weighted by Gasteiger charge is -2.31. The van der Waals surface area contributed by atoms with Crippen LogP contribution in [0.3, 0.4) is 0 Å². The molecule has 2 heterocycles. The molecule has 2 heteroatoms. The van der Waals surface area contributed by atoms with E-state index >= 15 is 0 Å². The van der Waals surface area contributed by atoms with E-state index in [1.54, 1.807) is 0 Å². The number of piperidine rings is 1. The summed E-state index contributed by atoms with van der Waals surface area (Å²) in [5.41, 5.74) is 5.33. The van der Waals surface area contributed by atoms with E-state index in [1.165, 1.54) is 48.3 Å². The van der Waals surface area contributed by atoms with Crippen LogP contribution in [-0.2, 0) is 0 Å². The highest BCUT2D eigenvalue weighted by molar-refractivity contribution is 5.77. The molecule has 0 amide bonds. The van der Waals surface area contributed by atoms with Gasteiger partial charge in [0.2, 0.25) is 0 Å². The molecule has 0 atom stereocenters. The molecule has 2 nitrogen and oxygen atoms in total. The molecular weight excluding hydrogens is 292 g/mol. The molecule has 2 aliphatic heterocycles. The maximum absolute atomic E-state index is 2.48. The van der Waals surface area contributed by atoms with E-state index in [2.05, 4.69) is 77.6 Å². The minimum Gasteiger partial charge on any atom is -0.341 e. The van der Waals surface area contributed by atoms with Crippen molar-refractivity contribution < 1.29 is 0 Å². The van der Waals surface area contributed by atoms with Gasteiger partial charge in [-0.2, -0.15) is 0 Å². The van der Waals surface area contributed by atoms with Gasteiger partial charge in [0, 0.05) is 12.2 Å². The number of nitrogens with zero attached hydrogens (tertiary/aromatic N) is 2. The fourth-order valence-corrected chi connectivity index (χ4v) is 3.37. The van der Waals surface area contributed by atoms with Crippen molar-refractivity contribution in [2.75, 3.05) is 20.1 Å². The van der Waals surface area contributed by atoms with Crippen LogP contribution in [0.1, 0.15) is 32.3 Å². The topological polar surface area (TPSA) is 6.25 Å². The summed E-state index contributed by atoms with van der Waals surface area (Å²) in [5.74, 6) is 0. The molecule has 0 aliphatic carbocycles. The third-order valence-electron chi connectivity index (χ3n) is 4.84. The smallest absolute Gasteiger partial charge is 0.0648 e. The van der Waals surface area contributed by atoms with E-state index in [0.29, 0.717) is 6.04 Å². The molecule has 0 N–H and O–H groups in total. The number of rotatable bonds is 3. The molecule has 2 aliphatic rings. The molecule has 126 valence electrons. The summed E-state index contributed by atoms with van der Waals surface area (Å²) in [6.45, 7) is 6.43. The lowest BCUT2D eigenvalue weighted by Crippen LogP contribution is -2.36. The van der Waals surface area contributed by atoms with Crippen molar-refractivity contribution in [2.45, 2.75) is 32.7 Å². The Kier molecular flexibility index (Phi) is 5.37. The predicted octanol–water partition coefficient (Wildman–Crippen LogP) is 5.09. The third-order valence-corrected chi connectivity index (χ3v) is 4.84. The number of likely N-dealkylation sites (tertiary alicyclic amines) is 1. The van der Waals surface area contributed by atoms with Crippen LogP contribution in [0, 0.1) is 0 Å². The van der Waals surface area contributed by atoms with E-state index in [9.17, 15) is 0 Å². The zero-order valence-corrected chi connectivity index (χ0v) is 15.1. The van der Waals surface area contributed by atoms with E-state index in [0.717, 1.165) is 0 Å². The molecule has 24 heavy (non-hydrogen) atoms. The second kappa shape index (κ2) is 7.67. The molecular formula is C22H28N2. The summed E-state index contributed by atoms with van der Waals surface area (Å²) in [7, 11) is 2.22. The molecule has 2 aromatic carbocycles. The van der Waals surface area contributed by atoms with Crippen molar-refractivity contribution >= 4 is 5.70 Å². The first-order valence-electron chi connectivity index (χ1n) is 9.16. The van der Waals surface area contributed by atoms with Crippen molar-refractivity contribution in [1.82, 2.24) is 9.80 Å². The molecule has 0 spiro atoms. The average Bonchev–Trinajstić information content (AvgIpc) is 3.46. The van der Waals surface area contributed by atoms with E-state index in [1.807, 2.05) is 13.8 Å². The summed E-state index contributed by atoms with van der Waals surface area (Å²) < 4.78 is 0. The molecule has 1 fully saturated rings. The highest BCUT2D eigenvalue weighted by atomic mass is 15.3. The molecule has 0 bridgehead atoms. The molecule has 0 aromatic heterocycles. The van der Waals surface area contributed by atoms with E-state index < -0.39 is 0 Å². The average molecular weight is 320 g/mol. The van der Waals surface area contributed by atoms with Crippen LogP contribution in [0.4, 0.5) is 0 Å². The van der Waals surface area contributed by atoms with Crippen LogP contribution < -0.4 is 0 Å². The second-order valence-corrected chi connectivity index (χ2v) is 6.40. The van der Waals surface area contributed by atoms with Crippen molar-refractivity contribution in [3.63, 3.8) is 0 Å². The fourth-order valence-electron chi connectivity index (χ4n) is 3.37. The van der Waals surface area contributed by atoms with Crippen LogP contribution in [-0.4, -0.2) is 36.0 Å². The highest BCUT2D eigenvalue weighted by Crippen LogP contribution is 2.37. The fraction of sp³-hybridized carbons (Fsp3) is 0.364. The standard InChI is InChI=1S/C20H22N2.C2H6/c1-21-13-11-19(12-14-21)22-15-20(22)18-9-7-17(8-10-18)16-5-3-2-4-6-16;1-2/h2-10,15,19H,11-14H2,1H3;1-2H3. The predicted molar refractivity (Wildman–Crippen MR) is 104 cm³/mol. The molecule has 2 aromatic rings. The summed E-state index contributed by atoms with van der Waals surface area (Å²) >= 11 is 0. The Labute approximate surface area is 146 Å². The summed E-state index contributed by atoms with van der Waals surface area (Å²) in [6, 6.07) is 20.3. The maximum Gasteiger partial charge on any atom is 0.0648 e. The van der Waals surface area contributed by atoms with Crippen LogP contribution in [0.5, 0.6) is 0 Å². The Morgan fingerprint density at radius 2 is 1.29 bits per heavy atom. The number of hydrogen-bond donors (Lipinski definition) is 0. The first-order valence-corrected chi connectivity index (χ1v) is 9.16. The van der Waals surface area contributed by atoms with Gasteiger partial charge >= 0.3 is 0 Å². The van der Waals surface area contributed by atoms with Crippen molar-refractivity contribution in [3.05, 3.63) is 66.4 Å². The van der Waals surface area contributed by atoms with Gasteiger partial charge in [-0.3, -0.25) is 0 Å². The van der Waals surface area contributed by atoms with Crippen molar-refractivity contribution in [2.24, 2.45) is 0 Å². The maximum atomic E-state index is 2.48. The highest BCUT2D eigenvalue weighted by Gasteiger charge is 2.31. The van der Waals surface area contributed by atoms with Gasteiger partial charge in [0.15, 0.2) is 0 Å². The van der Waals surface area contributed by atoms with Gasteiger partial charge in [0.25, 0.3) is 0 Å². The Morgan fingerprint density at radius 1 is 0.750 bits per heavy atom.